The predicted molar refractivity (Wildman–Crippen MR) is 76.7 cm³/mol. The highest BCUT2D eigenvalue weighted by Gasteiger charge is 2.22. The van der Waals surface area contributed by atoms with Crippen molar-refractivity contribution in [3.8, 4) is 12.3 Å². The van der Waals surface area contributed by atoms with Crippen LogP contribution in [0, 0.1) is 18.3 Å². The van der Waals surface area contributed by atoms with Crippen LogP contribution >= 0.6 is 0 Å². The van der Waals surface area contributed by atoms with Gasteiger partial charge >= 0.3 is 0 Å². The number of furan rings is 1. The molecular formula is C16H19NO3. The van der Waals surface area contributed by atoms with Crippen LogP contribution in [0.5, 0.6) is 0 Å². The van der Waals surface area contributed by atoms with Crippen LogP contribution in [0.15, 0.2) is 28.9 Å². The van der Waals surface area contributed by atoms with Gasteiger partial charge in [-0.3, -0.25) is 4.79 Å². The lowest BCUT2D eigenvalue weighted by molar-refractivity contribution is -0.128. The van der Waals surface area contributed by atoms with Gasteiger partial charge in [0.15, 0.2) is 0 Å². The van der Waals surface area contributed by atoms with Gasteiger partial charge in [-0.15, -0.1) is 6.42 Å². The molecule has 4 nitrogen and oxygen atoms in total. The molecule has 0 radical (unpaired) electrons. The normalized spacial score (nSPS) is 19.1. The molecule has 2 rings (SSSR count). The van der Waals surface area contributed by atoms with Crippen LogP contribution in [0.4, 0.5) is 0 Å². The van der Waals surface area contributed by atoms with Gasteiger partial charge in [0.1, 0.15) is 12.4 Å². The lowest BCUT2D eigenvalue weighted by atomic mass is 9.99. The molecule has 4 heteroatoms. The van der Waals surface area contributed by atoms with E-state index in [1.54, 1.807) is 24.5 Å². The highest BCUT2D eigenvalue weighted by atomic mass is 16.5. The minimum absolute atomic E-state index is 0.0167. The molecule has 0 N–H and O–H groups in total. The van der Waals surface area contributed by atoms with Gasteiger partial charge in [0.2, 0.25) is 5.91 Å². The summed E-state index contributed by atoms with van der Waals surface area (Å²) in [7, 11) is 0. The van der Waals surface area contributed by atoms with E-state index < -0.39 is 0 Å². The summed E-state index contributed by atoms with van der Waals surface area (Å²) in [5.74, 6) is 3.53. The zero-order chi connectivity index (χ0) is 14.2. The topological polar surface area (TPSA) is 42.7 Å². The van der Waals surface area contributed by atoms with Crippen molar-refractivity contribution in [1.29, 1.82) is 0 Å². The first-order valence-electron chi connectivity index (χ1n) is 6.81. The molecule has 1 fully saturated rings. The van der Waals surface area contributed by atoms with Gasteiger partial charge in [-0.1, -0.05) is 5.92 Å². The van der Waals surface area contributed by atoms with Gasteiger partial charge in [0.05, 0.1) is 12.9 Å². The summed E-state index contributed by atoms with van der Waals surface area (Å²) in [5.41, 5.74) is 0. The molecule has 1 saturated heterocycles. The highest BCUT2D eigenvalue weighted by Crippen LogP contribution is 2.17. The molecule has 0 bridgehead atoms. The Morgan fingerprint density at radius 3 is 3.30 bits per heavy atom. The predicted octanol–water partition coefficient (Wildman–Crippen LogP) is 2.18. The van der Waals surface area contributed by atoms with E-state index in [0.29, 0.717) is 24.9 Å². The van der Waals surface area contributed by atoms with Crippen LogP contribution in [-0.2, 0) is 9.53 Å². The fourth-order valence-electron chi connectivity index (χ4n) is 2.33. The van der Waals surface area contributed by atoms with E-state index in [0.717, 1.165) is 25.9 Å². The second-order valence-electron chi connectivity index (χ2n) is 4.86. The number of hydrogen-bond acceptors (Lipinski definition) is 3. The molecular weight excluding hydrogens is 254 g/mol. The van der Waals surface area contributed by atoms with Crippen molar-refractivity contribution in [2.75, 3.05) is 26.3 Å². The minimum atomic E-state index is 0.0167. The summed E-state index contributed by atoms with van der Waals surface area (Å²) in [5, 5.41) is 0. The second-order valence-corrected chi connectivity index (χ2v) is 4.86. The molecule has 0 aromatic carbocycles. The quantitative estimate of drug-likeness (QED) is 0.469. The smallest absolute Gasteiger partial charge is 0.246 e. The molecule has 1 aromatic heterocycles. The molecule has 0 spiro atoms. The molecule has 1 amide bonds. The van der Waals surface area contributed by atoms with Gasteiger partial charge in [0, 0.05) is 25.1 Å². The van der Waals surface area contributed by atoms with Crippen LogP contribution in [0.1, 0.15) is 18.6 Å². The summed E-state index contributed by atoms with van der Waals surface area (Å²) in [6, 6.07) is 3.61. The molecule has 0 unspecified atom stereocenters. The number of rotatable bonds is 5. The Morgan fingerprint density at radius 2 is 2.55 bits per heavy atom. The molecule has 20 heavy (non-hydrogen) atoms. The summed E-state index contributed by atoms with van der Waals surface area (Å²) < 4.78 is 10.5. The summed E-state index contributed by atoms with van der Waals surface area (Å²) in [6.45, 7) is 2.48. The van der Waals surface area contributed by atoms with Crippen LogP contribution < -0.4 is 0 Å². The maximum Gasteiger partial charge on any atom is 0.246 e. The first-order valence-corrected chi connectivity index (χ1v) is 6.81. The zero-order valence-electron chi connectivity index (χ0n) is 11.5. The van der Waals surface area contributed by atoms with Crippen LogP contribution in [0.3, 0.4) is 0 Å². The number of ether oxygens (including phenoxy) is 1. The third-order valence-electron chi connectivity index (χ3n) is 3.30. The van der Waals surface area contributed by atoms with Gasteiger partial charge in [-0.2, -0.15) is 0 Å². The summed E-state index contributed by atoms with van der Waals surface area (Å²) in [6.07, 6.45) is 12.1. The van der Waals surface area contributed by atoms with Crippen LogP contribution in [-0.4, -0.2) is 37.1 Å². The van der Waals surface area contributed by atoms with E-state index in [1.807, 2.05) is 11.0 Å². The largest absolute Gasteiger partial charge is 0.465 e. The van der Waals surface area contributed by atoms with Gasteiger partial charge in [0.25, 0.3) is 0 Å². The van der Waals surface area contributed by atoms with E-state index in [1.165, 1.54) is 0 Å². The van der Waals surface area contributed by atoms with Crippen molar-refractivity contribution in [2.24, 2.45) is 5.92 Å². The number of hydrogen-bond donors (Lipinski definition) is 0. The fraction of sp³-hybridized carbons (Fsp3) is 0.438. The third kappa shape index (κ3) is 4.29. The van der Waals surface area contributed by atoms with Crippen LogP contribution in [0.25, 0.3) is 6.08 Å². The lowest BCUT2D eigenvalue weighted by Crippen LogP contribution is -2.40. The molecule has 106 valence electrons. The molecule has 1 atom stereocenters. The average molecular weight is 273 g/mol. The standard InChI is InChI=1S/C16H19NO3/c1-2-10-19-13-14-5-3-9-17(12-14)16(18)8-7-15-6-4-11-20-15/h1,4,6-8,11,14H,3,5,9-10,12-13H2/b8-7+/t14-/m0/s1. The monoisotopic (exact) mass is 273 g/mol. The maximum atomic E-state index is 12.1. The molecule has 2 heterocycles. The van der Waals surface area contributed by atoms with E-state index in [-0.39, 0.29) is 5.91 Å². The Hall–Kier alpha value is -1.99. The Balaban J connectivity index is 1.82. The highest BCUT2D eigenvalue weighted by molar-refractivity contribution is 5.91. The van der Waals surface area contributed by atoms with Crippen molar-refractivity contribution in [3.05, 3.63) is 30.2 Å². The summed E-state index contributed by atoms with van der Waals surface area (Å²) in [4.78, 5) is 13.9. The van der Waals surface area contributed by atoms with Crippen molar-refractivity contribution in [1.82, 2.24) is 4.90 Å². The van der Waals surface area contributed by atoms with Gasteiger partial charge in [-0.05, 0) is 31.1 Å². The van der Waals surface area contributed by atoms with Crippen LogP contribution in [0.2, 0.25) is 0 Å². The molecule has 1 aromatic rings. The maximum absolute atomic E-state index is 12.1. The molecule has 0 aliphatic carbocycles. The van der Waals surface area contributed by atoms with Crippen molar-refractivity contribution in [3.63, 3.8) is 0 Å². The summed E-state index contributed by atoms with van der Waals surface area (Å²) >= 11 is 0. The van der Waals surface area contributed by atoms with Crippen molar-refractivity contribution < 1.29 is 13.9 Å². The van der Waals surface area contributed by atoms with Gasteiger partial charge < -0.3 is 14.1 Å². The molecule has 1 aliphatic heterocycles. The minimum Gasteiger partial charge on any atom is -0.465 e. The number of likely N-dealkylation sites (tertiary alicyclic amines) is 1. The average Bonchev–Trinajstić information content (AvgIpc) is 2.99. The molecule has 0 saturated carbocycles. The van der Waals surface area contributed by atoms with E-state index >= 15 is 0 Å². The molecule has 1 aliphatic rings. The SMILES string of the molecule is C#CCOC[C@H]1CCCN(C(=O)/C=C/c2ccco2)C1. The number of carbonyl (C=O) groups excluding carboxylic acids is 1. The van der Waals surface area contributed by atoms with Crippen molar-refractivity contribution >= 4 is 12.0 Å². The fourth-order valence-corrected chi connectivity index (χ4v) is 2.33. The number of piperidine rings is 1. The Morgan fingerprint density at radius 1 is 1.65 bits per heavy atom. The number of terminal acetylenes is 1. The first-order chi connectivity index (χ1) is 9.79. The van der Waals surface area contributed by atoms with E-state index in [4.69, 9.17) is 15.6 Å². The first kappa shape index (κ1) is 14.4. The number of carbonyl (C=O) groups is 1. The van der Waals surface area contributed by atoms with Gasteiger partial charge in [-0.25, -0.2) is 0 Å². The Labute approximate surface area is 119 Å². The third-order valence-corrected chi connectivity index (χ3v) is 3.30. The van der Waals surface area contributed by atoms with E-state index in [2.05, 4.69) is 5.92 Å². The number of amides is 1. The zero-order valence-corrected chi connectivity index (χ0v) is 11.5. The Kier molecular flexibility index (Phi) is 5.45. The van der Waals surface area contributed by atoms with Crippen molar-refractivity contribution in [2.45, 2.75) is 12.8 Å². The van der Waals surface area contributed by atoms with E-state index in [9.17, 15) is 4.79 Å². The lowest BCUT2D eigenvalue weighted by Gasteiger charge is -2.31. The Bertz CT molecular complexity index is 484. The number of nitrogens with zero attached hydrogens (tertiary/aromatic N) is 1. The second kappa shape index (κ2) is 7.56.